The number of ether oxygens (including phenoxy) is 2. The Morgan fingerprint density at radius 1 is 0.970 bits per heavy atom. The van der Waals surface area contributed by atoms with Gasteiger partial charge in [0.15, 0.2) is 0 Å². The van der Waals surface area contributed by atoms with E-state index in [2.05, 4.69) is 0 Å². The average molecular weight is 468 g/mol. The van der Waals surface area contributed by atoms with E-state index in [1.54, 1.807) is 36.4 Å². The molecule has 1 N–H and O–H groups in total. The monoisotopic (exact) mass is 467 g/mol. The molecule has 1 unspecified atom stereocenters. The van der Waals surface area contributed by atoms with Gasteiger partial charge in [-0.05, 0) is 54.1 Å². The van der Waals surface area contributed by atoms with Crippen LogP contribution >= 0.6 is 11.6 Å². The maximum atomic E-state index is 13.6. The molecule has 0 spiro atoms. The van der Waals surface area contributed by atoms with E-state index >= 15 is 0 Å². The maximum absolute atomic E-state index is 13.6. The van der Waals surface area contributed by atoms with Gasteiger partial charge in [-0.15, -0.1) is 0 Å². The number of methoxy groups -OCH3 is 2. The minimum absolute atomic E-state index is 0.148. The molecule has 0 radical (unpaired) electrons. The van der Waals surface area contributed by atoms with E-state index in [1.807, 2.05) is 0 Å². The zero-order valence-corrected chi connectivity index (χ0v) is 18.5. The van der Waals surface area contributed by atoms with Crippen molar-refractivity contribution in [2.75, 3.05) is 19.1 Å². The lowest BCUT2D eigenvalue weighted by Gasteiger charge is -2.25. The zero-order chi connectivity index (χ0) is 23.7. The van der Waals surface area contributed by atoms with E-state index in [0.717, 1.165) is 0 Å². The lowest BCUT2D eigenvalue weighted by molar-refractivity contribution is -0.132. The molecule has 0 aromatic heterocycles. The van der Waals surface area contributed by atoms with Gasteiger partial charge in [0.1, 0.15) is 23.1 Å². The highest BCUT2D eigenvalue weighted by Gasteiger charge is 2.47. The Hall–Kier alpha value is -3.84. The molecule has 3 aromatic rings. The van der Waals surface area contributed by atoms with Gasteiger partial charge in [-0.2, -0.15) is 0 Å². The van der Waals surface area contributed by atoms with E-state index in [1.165, 1.54) is 49.5 Å². The Morgan fingerprint density at radius 2 is 1.64 bits per heavy atom. The van der Waals surface area contributed by atoms with Crippen LogP contribution in [-0.4, -0.2) is 31.0 Å². The van der Waals surface area contributed by atoms with Crippen LogP contribution in [0.3, 0.4) is 0 Å². The smallest absolute Gasteiger partial charge is 0.300 e. The average Bonchev–Trinajstić information content (AvgIpc) is 3.09. The topological polar surface area (TPSA) is 76.1 Å². The number of Topliss-reactive ketones (excluding diaryl/α,β-unsaturated/α-hetero) is 1. The van der Waals surface area contributed by atoms with Gasteiger partial charge in [-0.25, -0.2) is 4.39 Å². The van der Waals surface area contributed by atoms with Crippen LogP contribution in [0.25, 0.3) is 5.76 Å². The molecule has 0 aliphatic carbocycles. The first-order valence-electron chi connectivity index (χ1n) is 9.90. The van der Waals surface area contributed by atoms with Crippen molar-refractivity contribution < 1.29 is 28.6 Å². The molecular formula is C25H19ClFNO5. The Bertz CT molecular complexity index is 1250. The number of benzene rings is 3. The third-order valence-electron chi connectivity index (χ3n) is 5.40. The fraction of sp³-hybridized carbons (Fsp3) is 0.120. The highest BCUT2D eigenvalue weighted by Crippen LogP contribution is 2.43. The fourth-order valence-electron chi connectivity index (χ4n) is 3.80. The van der Waals surface area contributed by atoms with E-state index < -0.39 is 29.3 Å². The van der Waals surface area contributed by atoms with Gasteiger partial charge in [-0.1, -0.05) is 23.7 Å². The van der Waals surface area contributed by atoms with Crippen molar-refractivity contribution in [1.82, 2.24) is 0 Å². The molecule has 33 heavy (non-hydrogen) atoms. The van der Waals surface area contributed by atoms with Crippen LogP contribution in [-0.2, 0) is 9.59 Å². The lowest BCUT2D eigenvalue weighted by Crippen LogP contribution is -2.29. The van der Waals surface area contributed by atoms with Crippen LogP contribution in [0.1, 0.15) is 17.2 Å². The van der Waals surface area contributed by atoms with Gasteiger partial charge < -0.3 is 14.6 Å². The first-order valence-corrected chi connectivity index (χ1v) is 10.3. The molecule has 1 fully saturated rings. The van der Waals surface area contributed by atoms with Crippen molar-refractivity contribution in [3.8, 4) is 11.5 Å². The molecule has 4 rings (SSSR count). The summed E-state index contributed by atoms with van der Waals surface area (Å²) in [5.74, 6) is -1.87. The molecule has 1 aliphatic heterocycles. The zero-order valence-electron chi connectivity index (χ0n) is 17.7. The van der Waals surface area contributed by atoms with Crippen LogP contribution in [0.15, 0.2) is 72.3 Å². The van der Waals surface area contributed by atoms with E-state index in [0.29, 0.717) is 22.0 Å². The standard InChI is InChI=1S/C25H19ClFNO5/c1-32-18-11-12-19(20(13-18)33-2)23(29)21-22(14-3-7-16(27)8-4-14)28(25(31)24(21)30)17-9-5-15(26)6-10-17/h3-13,22,29H,1-2H3/b23-21-. The predicted molar refractivity (Wildman–Crippen MR) is 122 cm³/mol. The highest BCUT2D eigenvalue weighted by atomic mass is 35.5. The molecule has 1 amide bonds. The molecule has 1 saturated heterocycles. The number of amides is 1. The molecule has 168 valence electrons. The summed E-state index contributed by atoms with van der Waals surface area (Å²) >= 11 is 5.99. The Labute approximate surface area is 194 Å². The molecule has 6 nitrogen and oxygen atoms in total. The number of carbonyl (C=O) groups is 2. The number of aliphatic hydroxyl groups excluding tert-OH is 1. The quantitative estimate of drug-likeness (QED) is 0.320. The Morgan fingerprint density at radius 3 is 2.24 bits per heavy atom. The molecule has 3 aromatic carbocycles. The van der Waals surface area contributed by atoms with Crippen LogP contribution < -0.4 is 14.4 Å². The molecule has 0 saturated carbocycles. The third kappa shape index (κ3) is 4.03. The Balaban J connectivity index is 1.95. The summed E-state index contributed by atoms with van der Waals surface area (Å²) in [7, 11) is 2.90. The molecule has 1 atom stereocenters. The number of aliphatic hydroxyl groups is 1. The third-order valence-corrected chi connectivity index (χ3v) is 5.65. The van der Waals surface area contributed by atoms with Crippen LogP contribution in [0.2, 0.25) is 5.02 Å². The van der Waals surface area contributed by atoms with Gasteiger partial charge in [0.05, 0.1) is 31.4 Å². The molecule has 0 bridgehead atoms. The maximum Gasteiger partial charge on any atom is 0.300 e. The molecule has 8 heteroatoms. The van der Waals surface area contributed by atoms with Crippen molar-refractivity contribution >= 4 is 34.7 Å². The summed E-state index contributed by atoms with van der Waals surface area (Å²) in [4.78, 5) is 27.5. The first-order chi connectivity index (χ1) is 15.8. The van der Waals surface area contributed by atoms with Crippen LogP contribution in [0.4, 0.5) is 10.1 Å². The van der Waals surface area contributed by atoms with E-state index in [-0.39, 0.29) is 16.9 Å². The van der Waals surface area contributed by atoms with Crippen molar-refractivity contribution in [3.05, 3.63) is 94.3 Å². The van der Waals surface area contributed by atoms with Crippen molar-refractivity contribution in [1.29, 1.82) is 0 Å². The number of rotatable bonds is 5. The first kappa shape index (κ1) is 22.4. The second-order valence-corrected chi connectivity index (χ2v) is 7.70. The van der Waals surface area contributed by atoms with Gasteiger partial charge in [0.2, 0.25) is 0 Å². The molecular weight excluding hydrogens is 449 g/mol. The number of hydrogen-bond acceptors (Lipinski definition) is 5. The fourth-order valence-corrected chi connectivity index (χ4v) is 3.93. The van der Waals surface area contributed by atoms with E-state index in [4.69, 9.17) is 21.1 Å². The Kier molecular flexibility index (Phi) is 6.07. The van der Waals surface area contributed by atoms with Crippen LogP contribution in [0, 0.1) is 5.82 Å². The number of ketones is 1. The SMILES string of the molecule is COc1ccc(/C(O)=C2/C(=O)C(=O)N(c3ccc(Cl)cc3)C2c2ccc(F)cc2)c(OC)c1. The van der Waals surface area contributed by atoms with Crippen LogP contribution in [0.5, 0.6) is 11.5 Å². The predicted octanol–water partition coefficient (Wildman–Crippen LogP) is 5.12. The number of hydrogen-bond donors (Lipinski definition) is 1. The van der Waals surface area contributed by atoms with E-state index in [9.17, 15) is 19.1 Å². The summed E-state index contributed by atoms with van der Waals surface area (Å²) in [6, 6.07) is 15.4. The molecule has 1 aliphatic rings. The number of halogens is 2. The minimum atomic E-state index is -1.00. The second-order valence-electron chi connectivity index (χ2n) is 7.26. The van der Waals surface area contributed by atoms with Gasteiger partial charge in [-0.3, -0.25) is 14.5 Å². The highest BCUT2D eigenvalue weighted by molar-refractivity contribution is 6.51. The van der Waals surface area contributed by atoms with Crippen molar-refractivity contribution in [2.24, 2.45) is 0 Å². The lowest BCUT2D eigenvalue weighted by atomic mass is 9.94. The van der Waals surface area contributed by atoms with Gasteiger partial charge in [0, 0.05) is 16.8 Å². The summed E-state index contributed by atoms with van der Waals surface area (Å²) in [6.45, 7) is 0. The molecule has 1 heterocycles. The van der Waals surface area contributed by atoms with Gasteiger partial charge in [0.25, 0.3) is 11.7 Å². The summed E-state index contributed by atoms with van der Waals surface area (Å²) in [5.41, 5.74) is 0.903. The summed E-state index contributed by atoms with van der Waals surface area (Å²) in [5, 5.41) is 11.7. The normalized spacial score (nSPS) is 17.3. The number of anilines is 1. The second kappa shape index (κ2) is 8.96. The summed E-state index contributed by atoms with van der Waals surface area (Å²) in [6.07, 6.45) is 0. The largest absolute Gasteiger partial charge is 0.507 e. The summed E-state index contributed by atoms with van der Waals surface area (Å²) < 4.78 is 24.2. The minimum Gasteiger partial charge on any atom is -0.507 e. The number of nitrogens with zero attached hydrogens (tertiary/aromatic N) is 1. The van der Waals surface area contributed by atoms with Crippen molar-refractivity contribution in [3.63, 3.8) is 0 Å². The number of carbonyl (C=O) groups excluding carboxylic acids is 2. The van der Waals surface area contributed by atoms with Gasteiger partial charge >= 0.3 is 0 Å². The van der Waals surface area contributed by atoms with Crippen molar-refractivity contribution in [2.45, 2.75) is 6.04 Å².